The van der Waals surface area contributed by atoms with E-state index in [9.17, 15) is 19.2 Å². The number of hydrogen-bond acceptors (Lipinski definition) is 7. The largest absolute Gasteiger partial charge is 0.462 e. The lowest BCUT2D eigenvalue weighted by atomic mass is 10.2. The van der Waals surface area contributed by atoms with Gasteiger partial charge in [0.15, 0.2) is 0 Å². The Balaban J connectivity index is 1.79. The van der Waals surface area contributed by atoms with Gasteiger partial charge >= 0.3 is 11.7 Å². The van der Waals surface area contributed by atoms with Crippen molar-refractivity contribution in [1.29, 1.82) is 0 Å². The van der Waals surface area contributed by atoms with Gasteiger partial charge < -0.3 is 10.1 Å². The van der Waals surface area contributed by atoms with Crippen molar-refractivity contribution < 1.29 is 14.3 Å². The first kappa shape index (κ1) is 22.4. The van der Waals surface area contributed by atoms with Gasteiger partial charge in [-0.1, -0.05) is 19.1 Å². The molecule has 0 atom stereocenters. The number of pyridine rings is 1. The molecule has 0 bridgehead atoms. The normalized spacial score (nSPS) is 11.1. The third-order valence-corrected chi connectivity index (χ3v) is 6.15. The van der Waals surface area contributed by atoms with Gasteiger partial charge in [-0.05, 0) is 37.6 Å². The maximum atomic E-state index is 13.2. The van der Waals surface area contributed by atoms with Crippen LogP contribution in [0.15, 0.2) is 52.2 Å². The van der Waals surface area contributed by atoms with Gasteiger partial charge in [-0.3, -0.25) is 18.7 Å². The van der Waals surface area contributed by atoms with E-state index in [1.54, 1.807) is 49.5 Å². The molecule has 4 rings (SSSR count). The fraction of sp³-hybridized carbons (Fsp3) is 0.261. The Morgan fingerprint density at radius 3 is 2.64 bits per heavy atom. The fourth-order valence-corrected chi connectivity index (χ4v) is 4.76. The smallest absolute Gasteiger partial charge is 0.340 e. The molecule has 9 nitrogen and oxygen atoms in total. The summed E-state index contributed by atoms with van der Waals surface area (Å²) in [6.07, 6.45) is 2.20. The number of fused-ring (bicyclic) bond motifs is 3. The number of anilines is 1. The highest BCUT2D eigenvalue weighted by Crippen LogP contribution is 2.29. The molecular weight excluding hydrogens is 444 g/mol. The molecule has 10 heteroatoms. The van der Waals surface area contributed by atoms with Crippen molar-refractivity contribution >= 4 is 49.3 Å². The second kappa shape index (κ2) is 9.37. The summed E-state index contributed by atoms with van der Waals surface area (Å²) in [6.45, 7) is 3.67. The molecule has 0 fully saturated rings. The highest BCUT2D eigenvalue weighted by atomic mass is 32.1. The van der Waals surface area contributed by atoms with E-state index in [1.165, 1.54) is 15.9 Å². The number of carbonyl (C=O) groups excluding carboxylic acids is 2. The Labute approximate surface area is 192 Å². The van der Waals surface area contributed by atoms with E-state index in [-0.39, 0.29) is 36.5 Å². The number of nitrogens with zero attached hydrogens (tertiary/aromatic N) is 3. The van der Waals surface area contributed by atoms with Gasteiger partial charge in [0.25, 0.3) is 5.56 Å². The molecule has 0 saturated heterocycles. The zero-order valence-electron chi connectivity index (χ0n) is 18.2. The summed E-state index contributed by atoms with van der Waals surface area (Å²) in [5, 5.41) is 3.33. The maximum absolute atomic E-state index is 13.2. The minimum absolute atomic E-state index is 0.201. The Bertz CT molecular complexity index is 1480. The topological polar surface area (TPSA) is 112 Å². The Morgan fingerprint density at radius 1 is 1.09 bits per heavy atom. The van der Waals surface area contributed by atoms with Gasteiger partial charge in [0.1, 0.15) is 16.1 Å². The first-order chi connectivity index (χ1) is 16.0. The predicted octanol–water partition coefficient (Wildman–Crippen LogP) is 3.00. The third kappa shape index (κ3) is 4.17. The number of nitrogens with one attached hydrogen (secondary N) is 1. The lowest BCUT2D eigenvalue weighted by Gasteiger charge is -2.13. The molecule has 0 aliphatic rings. The molecule has 33 heavy (non-hydrogen) atoms. The first-order valence-corrected chi connectivity index (χ1v) is 11.3. The van der Waals surface area contributed by atoms with Crippen LogP contribution in [0.4, 0.5) is 5.69 Å². The van der Waals surface area contributed by atoms with E-state index < -0.39 is 17.6 Å². The lowest BCUT2D eigenvalue weighted by Crippen LogP contribution is -2.41. The van der Waals surface area contributed by atoms with Crippen LogP contribution in [0.3, 0.4) is 0 Å². The van der Waals surface area contributed by atoms with E-state index in [4.69, 9.17) is 4.74 Å². The Hall–Kier alpha value is -3.79. The SMILES string of the molecule is CCCn1c(=O)c2sc3ncccc3c2n(CC(=O)Nc2ccccc2C(=O)OCC)c1=O. The Kier molecular flexibility index (Phi) is 6.36. The average Bonchev–Trinajstić information content (AvgIpc) is 3.20. The second-order valence-corrected chi connectivity index (χ2v) is 8.27. The van der Waals surface area contributed by atoms with Crippen molar-refractivity contribution in [3.05, 3.63) is 69.0 Å². The third-order valence-electron chi connectivity index (χ3n) is 5.06. The van der Waals surface area contributed by atoms with Crippen molar-refractivity contribution in [2.75, 3.05) is 11.9 Å². The van der Waals surface area contributed by atoms with Crippen LogP contribution in [0.25, 0.3) is 20.4 Å². The minimum atomic E-state index is -0.563. The summed E-state index contributed by atoms with van der Waals surface area (Å²) in [6, 6.07) is 9.98. The van der Waals surface area contributed by atoms with Crippen LogP contribution in [0.2, 0.25) is 0 Å². The van der Waals surface area contributed by atoms with Crippen molar-refractivity contribution in [3.8, 4) is 0 Å². The van der Waals surface area contributed by atoms with Crippen LogP contribution >= 0.6 is 11.3 Å². The van der Waals surface area contributed by atoms with Crippen LogP contribution in [0.1, 0.15) is 30.6 Å². The van der Waals surface area contributed by atoms with Crippen LogP contribution in [-0.2, 0) is 22.6 Å². The summed E-state index contributed by atoms with van der Waals surface area (Å²) in [5.41, 5.74) is -0.0644. The molecule has 3 heterocycles. The molecule has 170 valence electrons. The van der Waals surface area contributed by atoms with Gasteiger partial charge in [-0.15, -0.1) is 11.3 Å². The van der Waals surface area contributed by atoms with Gasteiger partial charge in [-0.25, -0.2) is 14.6 Å². The number of hydrogen-bond donors (Lipinski definition) is 1. The van der Waals surface area contributed by atoms with Crippen molar-refractivity contribution in [1.82, 2.24) is 14.1 Å². The summed E-state index contributed by atoms with van der Waals surface area (Å²) in [5.74, 6) is -1.07. The molecule has 0 spiro atoms. The number of thiophene rings is 1. The number of rotatable bonds is 7. The van der Waals surface area contributed by atoms with E-state index in [0.29, 0.717) is 26.9 Å². The summed E-state index contributed by atoms with van der Waals surface area (Å²) >= 11 is 1.20. The van der Waals surface area contributed by atoms with Crippen molar-refractivity contribution in [2.24, 2.45) is 0 Å². The molecule has 0 saturated carbocycles. The molecule has 0 aliphatic carbocycles. The highest BCUT2D eigenvalue weighted by Gasteiger charge is 2.21. The monoisotopic (exact) mass is 466 g/mol. The number of benzene rings is 1. The molecular formula is C23H22N4O5S. The van der Waals surface area contributed by atoms with E-state index in [2.05, 4.69) is 10.3 Å². The number of ether oxygens (including phenoxy) is 1. The van der Waals surface area contributed by atoms with E-state index in [1.807, 2.05) is 6.92 Å². The van der Waals surface area contributed by atoms with E-state index in [0.717, 1.165) is 4.57 Å². The van der Waals surface area contributed by atoms with Gasteiger partial charge in [0.05, 0.1) is 23.4 Å². The molecule has 0 aliphatic heterocycles. The molecule has 1 aromatic carbocycles. The predicted molar refractivity (Wildman–Crippen MR) is 127 cm³/mol. The fourth-order valence-electron chi connectivity index (χ4n) is 3.66. The van der Waals surface area contributed by atoms with Gasteiger partial charge in [0.2, 0.25) is 5.91 Å². The average molecular weight is 467 g/mol. The zero-order chi connectivity index (χ0) is 23.5. The number of aromatic nitrogens is 3. The molecule has 3 aromatic heterocycles. The molecule has 1 amide bonds. The maximum Gasteiger partial charge on any atom is 0.340 e. The molecule has 1 N–H and O–H groups in total. The van der Waals surface area contributed by atoms with Crippen LogP contribution in [-0.4, -0.2) is 32.6 Å². The van der Waals surface area contributed by atoms with Crippen LogP contribution in [0.5, 0.6) is 0 Å². The standard InChI is InChI=1S/C23H22N4O5S/c1-3-12-26-21(29)19-18(15-9-7-11-24-20(15)33-19)27(23(26)31)13-17(28)25-16-10-6-5-8-14(16)22(30)32-4-2/h5-11H,3-4,12-13H2,1-2H3,(H,25,28). The van der Waals surface area contributed by atoms with Crippen molar-refractivity contribution in [2.45, 2.75) is 33.4 Å². The van der Waals surface area contributed by atoms with E-state index >= 15 is 0 Å². The molecule has 4 aromatic rings. The van der Waals surface area contributed by atoms with Crippen LogP contribution in [0, 0.1) is 0 Å². The quantitative estimate of drug-likeness (QED) is 0.419. The molecule has 0 unspecified atom stereocenters. The summed E-state index contributed by atoms with van der Waals surface area (Å²) in [4.78, 5) is 56.4. The van der Waals surface area contributed by atoms with Gasteiger partial charge in [-0.2, -0.15) is 0 Å². The molecule has 0 radical (unpaired) electrons. The minimum Gasteiger partial charge on any atom is -0.462 e. The van der Waals surface area contributed by atoms with Gasteiger partial charge in [0, 0.05) is 18.1 Å². The second-order valence-electron chi connectivity index (χ2n) is 7.28. The number of esters is 1. The van der Waals surface area contributed by atoms with Crippen molar-refractivity contribution in [3.63, 3.8) is 0 Å². The highest BCUT2D eigenvalue weighted by molar-refractivity contribution is 7.25. The summed E-state index contributed by atoms with van der Waals surface area (Å²) < 4.78 is 7.87. The number of carbonyl (C=O) groups is 2. The number of para-hydroxylation sites is 1. The van der Waals surface area contributed by atoms with Crippen LogP contribution < -0.4 is 16.6 Å². The zero-order valence-corrected chi connectivity index (χ0v) is 19.0. The first-order valence-electron chi connectivity index (χ1n) is 10.5. The lowest BCUT2D eigenvalue weighted by molar-refractivity contribution is -0.116. The number of amides is 1. The summed E-state index contributed by atoms with van der Waals surface area (Å²) in [7, 11) is 0. The Morgan fingerprint density at radius 2 is 1.88 bits per heavy atom.